The number of nitrogens with zero attached hydrogens (tertiary/aromatic N) is 2. The highest BCUT2D eigenvalue weighted by atomic mass is 35.5. The first-order valence-corrected chi connectivity index (χ1v) is 18.2. The van der Waals surface area contributed by atoms with Crippen LogP contribution in [0.1, 0.15) is 49.3 Å². The summed E-state index contributed by atoms with van der Waals surface area (Å²) in [5.41, 5.74) is 2.79. The molecule has 1 aliphatic carbocycles. The van der Waals surface area contributed by atoms with Gasteiger partial charge in [-0.25, -0.2) is 8.42 Å². The fourth-order valence-electron chi connectivity index (χ4n) is 5.97. The number of ether oxygens (including phenoxy) is 1. The van der Waals surface area contributed by atoms with Gasteiger partial charge in [-0.15, -0.1) is 0 Å². The summed E-state index contributed by atoms with van der Waals surface area (Å²) in [5.74, 6) is -0.271. The lowest BCUT2D eigenvalue weighted by atomic mass is 10.0. The smallest absolute Gasteiger partial charge is 0.264 e. The van der Waals surface area contributed by atoms with Gasteiger partial charge in [0.15, 0.2) is 0 Å². The molecule has 0 aliphatic heterocycles. The average Bonchev–Trinajstić information content (AvgIpc) is 3.60. The Morgan fingerprint density at radius 2 is 1.54 bits per heavy atom. The maximum absolute atomic E-state index is 14.7. The van der Waals surface area contributed by atoms with E-state index in [0.29, 0.717) is 28.6 Å². The molecule has 1 saturated carbocycles. The molecule has 0 radical (unpaired) electrons. The third-order valence-electron chi connectivity index (χ3n) is 8.59. The molecule has 2 amide bonds. The number of halogens is 1. The number of benzene rings is 4. The first-order chi connectivity index (χ1) is 23.2. The van der Waals surface area contributed by atoms with Crippen molar-refractivity contribution in [2.24, 2.45) is 0 Å². The predicted octanol–water partition coefficient (Wildman–Crippen LogP) is 6.94. The minimum atomic E-state index is -4.23. The van der Waals surface area contributed by atoms with Crippen molar-refractivity contribution in [1.82, 2.24) is 10.2 Å². The maximum Gasteiger partial charge on any atom is 0.264 e. The topological polar surface area (TPSA) is 96.0 Å². The summed E-state index contributed by atoms with van der Waals surface area (Å²) in [6.07, 6.45) is 4.07. The number of carbonyl (C=O) groups excluding carboxylic acids is 2. The summed E-state index contributed by atoms with van der Waals surface area (Å²) in [4.78, 5) is 30.3. The molecule has 1 aliphatic rings. The molecule has 48 heavy (non-hydrogen) atoms. The van der Waals surface area contributed by atoms with E-state index < -0.39 is 28.5 Å². The molecular formula is C38H42ClN3O5S. The Morgan fingerprint density at radius 1 is 0.896 bits per heavy atom. The zero-order chi connectivity index (χ0) is 34.1. The van der Waals surface area contributed by atoms with Crippen LogP contribution in [0.4, 0.5) is 5.69 Å². The van der Waals surface area contributed by atoms with Gasteiger partial charge >= 0.3 is 0 Å². The standard InChI is InChI=1S/C38H42ClN3O5S/c1-3-47-33-21-23-34(24-22-33)48(45,46)42(32-19-17-28(2)18-20-32)27-37(43)41(26-30-13-7-10-16-35(30)39)36(25-29-11-5-4-6-12-29)38(44)40-31-14-8-9-15-31/h4-7,10-13,16-24,31,36H,3,8-9,14-15,25-27H2,1-2H3,(H,40,44)/t36-/m0/s1. The molecule has 4 aromatic rings. The van der Waals surface area contributed by atoms with Gasteiger partial charge in [0.05, 0.1) is 17.2 Å². The van der Waals surface area contributed by atoms with Crippen molar-refractivity contribution in [2.45, 2.75) is 69.5 Å². The molecule has 0 bridgehead atoms. The van der Waals surface area contributed by atoms with Crippen LogP contribution in [0.25, 0.3) is 0 Å². The molecule has 1 N–H and O–H groups in total. The van der Waals surface area contributed by atoms with Crippen LogP contribution < -0.4 is 14.4 Å². The molecule has 8 nitrogen and oxygen atoms in total. The molecule has 4 aromatic carbocycles. The van der Waals surface area contributed by atoms with E-state index in [0.717, 1.165) is 41.1 Å². The molecule has 10 heteroatoms. The number of hydrogen-bond donors (Lipinski definition) is 1. The van der Waals surface area contributed by atoms with Crippen LogP contribution in [-0.2, 0) is 32.6 Å². The van der Waals surface area contributed by atoms with Crippen LogP contribution in [0, 0.1) is 6.92 Å². The average molecular weight is 688 g/mol. The van der Waals surface area contributed by atoms with E-state index in [1.807, 2.05) is 56.3 Å². The molecular weight excluding hydrogens is 646 g/mol. The number of rotatable bonds is 14. The van der Waals surface area contributed by atoms with Crippen molar-refractivity contribution in [2.75, 3.05) is 17.5 Å². The van der Waals surface area contributed by atoms with Crippen molar-refractivity contribution in [3.8, 4) is 5.75 Å². The SMILES string of the molecule is CCOc1ccc(S(=O)(=O)N(CC(=O)N(Cc2ccccc2Cl)[C@@H](Cc2ccccc2)C(=O)NC2CCCC2)c2ccc(C)cc2)cc1. The number of aryl methyl sites for hydroxylation is 1. The van der Waals surface area contributed by atoms with E-state index in [4.69, 9.17) is 16.3 Å². The van der Waals surface area contributed by atoms with E-state index in [2.05, 4.69) is 5.32 Å². The fourth-order valence-corrected chi connectivity index (χ4v) is 7.58. The largest absolute Gasteiger partial charge is 0.494 e. The molecule has 252 valence electrons. The summed E-state index contributed by atoms with van der Waals surface area (Å²) in [7, 11) is -4.23. The van der Waals surface area contributed by atoms with E-state index in [-0.39, 0.29) is 29.8 Å². The van der Waals surface area contributed by atoms with Gasteiger partial charge < -0.3 is 15.0 Å². The zero-order valence-electron chi connectivity index (χ0n) is 27.3. The Labute approximate surface area is 288 Å². The fraction of sp³-hybridized carbons (Fsp3) is 0.316. The highest BCUT2D eigenvalue weighted by Crippen LogP contribution is 2.28. The number of amides is 2. The van der Waals surface area contributed by atoms with Gasteiger partial charge in [0.1, 0.15) is 18.3 Å². The lowest BCUT2D eigenvalue weighted by Gasteiger charge is -2.34. The van der Waals surface area contributed by atoms with Crippen LogP contribution in [0.2, 0.25) is 5.02 Å². The maximum atomic E-state index is 14.7. The van der Waals surface area contributed by atoms with E-state index in [9.17, 15) is 18.0 Å². The lowest BCUT2D eigenvalue weighted by molar-refractivity contribution is -0.140. The second-order valence-electron chi connectivity index (χ2n) is 12.1. The number of anilines is 1. The van der Waals surface area contributed by atoms with E-state index >= 15 is 0 Å². The molecule has 0 aromatic heterocycles. The van der Waals surface area contributed by atoms with Gasteiger partial charge in [-0.05, 0) is 80.3 Å². The summed E-state index contributed by atoms with van der Waals surface area (Å²) in [5, 5.41) is 3.63. The molecule has 0 spiro atoms. The summed E-state index contributed by atoms with van der Waals surface area (Å²) >= 11 is 6.60. The molecule has 1 fully saturated rings. The lowest BCUT2D eigenvalue weighted by Crippen LogP contribution is -2.54. The third kappa shape index (κ3) is 8.76. The zero-order valence-corrected chi connectivity index (χ0v) is 28.9. The highest BCUT2D eigenvalue weighted by molar-refractivity contribution is 7.92. The summed E-state index contributed by atoms with van der Waals surface area (Å²) in [6.45, 7) is 3.67. The van der Waals surface area contributed by atoms with Gasteiger partial charge in [0.2, 0.25) is 11.8 Å². The number of sulfonamides is 1. The van der Waals surface area contributed by atoms with Crippen molar-refractivity contribution >= 4 is 39.1 Å². The molecule has 0 saturated heterocycles. The normalized spacial score (nSPS) is 13.9. The van der Waals surface area contributed by atoms with Crippen LogP contribution >= 0.6 is 11.6 Å². The third-order valence-corrected chi connectivity index (χ3v) is 10.8. The Balaban J connectivity index is 1.56. The van der Waals surface area contributed by atoms with E-state index in [1.54, 1.807) is 48.5 Å². The Morgan fingerprint density at radius 3 is 2.19 bits per heavy atom. The van der Waals surface area contributed by atoms with Gasteiger partial charge in [0.25, 0.3) is 10.0 Å². The van der Waals surface area contributed by atoms with Crippen molar-refractivity contribution in [3.05, 3.63) is 125 Å². The Kier molecular flexibility index (Phi) is 11.8. The molecule has 0 heterocycles. The minimum absolute atomic E-state index is 0.0109. The summed E-state index contributed by atoms with van der Waals surface area (Å²) in [6, 6.07) is 28.9. The minimum Gasteiger partial charge on any atom is -0.494 e. The molecule has 5 rings (SSSR count). The monoisotopic (exact) mass is 687 g/mol. The van der Waals surface area contributed by atoms with Crippen molar-refractivity contribution in [3.63, 3.8) is 0 Å². The quantitative estimate of drug-likeness (QED) is 0.155. The Bertz CT molecular complexity index is 1780. The summed E-state index contributed by atoms with van der Waals surface area (Å²) < 4.78 is 35.2. The number of carbonyl (C=O) groups is 2. The second-order valence-corrected chi connectivity index (χ2v) is 14.3. The second kappa shape index (κ2) is 16.2. The van der Waals surface area contributed by atoms with E-state index in [1.165, 1.54) is 17.0 Å². The van der Waals surface area contributed by atoms with Crippen LogP contribution in [0.5, 0.6) is 5.75 Å². The van der Waals surface area contributed by atoms with Gasteiger partial charge in [-0.2, -0.15) is 0 Å². The van der Waals surface area contributed by atoms with Crippen LogP contribution in [-0.4, -0.2) is 50.4 Å². The number of hydrogen-bond acceptors (Lipinski definition) is 5. The first kappa shape index (κ1) is 35.0. The highest BCUT2D eigenvalue weighted by Gasteiger charge is 2.35. The first-order valence-electron chi connectivity index (χ1n) is 16.3. The van der Waals surface area contributed by atoms with Crippen molar-refractivity contribution < 1.29 is 22.7 Å². The van der Waals surface area contributed by atoms with Crippen LogP contribution in [0.15, 0.2) is 108 Å². The molecule has 0 unspecified atom stereocenters. The van der Waals surface area contributed by atoms with Crippen molar-refractivity contribution in [1.29, 1.82) is 0 Å². The van der Waals surface area contributed by atoms with Gasteiger partial charge in [-0.1, -0.05) is 90.7 Å². The van der Waals surface area contributed by atoms with Crippen LogP contribution in [0.3, 0.4) is 0 Å². The van der Waals surface area contributed by atoms with Gasteiger partial charge in [0, 0.05) is 24.0 Å². The molecule has 1 atom stereocenters. The van der Waals surface area contributed by atoms with Gasteiger partial charge in [-0.3, -0.25) is 13.9 Å². The Hall–Kier alpha value is -4.34. The predicted molar refractivity (Wildman–Crippen MR) is 190 cm³/mol. The number of nitrogens with one attached hydrogen (secondary N) is 1.